The number of thiazole rings is 1. The monoisotopic (exact) mass is 309 g/mol. The van der Waals surface area contributed by atoms with Gasteiger partial charge in [-0.15, -0.1) is 11.3 Å². The van der Waals surface area contributed by atoms with Gasteiger partial charge in [0, 0.05) is 30.8 Å². The maximum absolute atomic E-state index is 12.3. The number of carbonyl (C=O) groups is 2. The van der Waals surface area contributed by atoms with Gasteiger partial charge in [-0.05, 0) is 33.6 Å². The van der Waals surface area contributed by atoms with Crippen LogP contribution in [0.5, 0.6) is 0 Å². The van der Waals surface area contributed by atoms with E-state index in [2.05, 4.69) is 10.3 Å². The minimum absolute atomic E-state index is 0.00506. The Labute approximate surface area is 129 Å². The number of hydrogen-bond donors (Lipinski definition) is 1. The Morgan fingerprint density at radius 2 is 1.95 bits per heavy atom. The lowest BCUT2D eigenvalue weighted by atomic mass is 9.95. The van der Waals surface area contributed by atoms with E-state index in [4.69, 9.17) is 0 Å². The van der Waals surface area contributed by atoms with Gasteiger partial charge in [0.05, 0.1) is 16.7 Å². The Hall–Kier alpha value is -1.43. The van der Waals surface area contributed by atoms with E-state index in [0.29, 0.717) is 13.1 Å². The molecule has 6 heteroatoms. The van der Waals surface area contributed by atoms with Crippen molar-refractivity contribution in [2.24, 2.45) is 5.92 Å². The van der Waals surface area contributed by atoms with Crippen molar-refractivity contribution in [1.29, 1.82) is 0 Å². The normalized spacial score (nSPS) is 17.6. The smallest absolute Gasteiger partial charge is 0.223 e. The Morgan fingerprint density at radius 3 is 2.43 bits per heavy atom. The molecular formula is C15H23N3O2S. The second-order valence-corrected chi connectivity index (χ2v) is 6.93. The molecule has 2 rings (SSSR count). The summed E-state index contributed by atoms with van der Waals surface area (Å²) < 4.78 is 0. The zero-order chi connectivity index (χ0) is 15.6. The van der Waals surface area contributed by atoms with Gasteiger partial charge in [0.25, 0.3) is 0 Å². The second-order valence-electron chi connectivity index (χ2n) is 5.69. The molecule has 1 N–H and O–H groups in total. The summed E-state index contributed by atoms with van der Waals surface area (Å²) in [6.07, 6.45) is 1.50. The van der Waals surface area contributed by atoms with E-state index in [9.17, 15) is 9.59 Å². The molecule has 0 spiro atoms. The summed E-state index contributed by atoms with van der Waals surface area (Å²) in [5.74, 6) is 0.200. The maximum atomic E-state index is 12.3. The van der Waals surface area contributed by atoms with Gasteiger partial charge in [0.1, 0.15) is 0 Å². The fraction of sp³-hybridized carbons (Fsp3) is 0.667. The fourth-order valence-electron chi connectivity index (χ4n) is 2.80. The summed E-state index contributed by atoms with van der Waals surface area (Å²) >= 11 is 1.64. The van der Waals surface area contributed by atoms with Crippen LogP contribution in [0.15, 0.2) is 0 Å². The zero-order valence-corrected chi connectivity index (χ0v) is 13.9. The molecule has 21 heavy (non-hydrogen) atoms. The molecule has 1 aromatic heterocycles. The number of nitrogens with zero attached hydrogens (tertiary/aromatic N) is 2. The maximum Gasteiger partial charge on any atom is 0.223 e. The Morgan fingerprint density at radius 1 is 1.33 bits per heavy atom. The third-order valence-electron chi connectivity index (χ3n) is 4.00. The Bertz CT molecular complexity index is 533. The molecule has 0 radical (unpaired) electrons. The Kier molecular flexibility index (Phi) is 4.98. The summed E-state index contributed by atoms with van der Waals surface area (Å²) in [5.41, 5.74) is 0.997. The predicted molar refractivity (Wildman–Crippen MR) is 83.1 cm³/mol. The van der Waals surface area contributed by atoms with Crippen LogP contribution in [0.4, 0.5) is 0 Å². The summed E-state index contributed by atoms with van der Waals surface area (Å²) in [6.45, 7) is 8.90. The molecule has 0 unspecified atom stereocenters. The molecule has 116 valence electrons. The number of aryl methyl sites for hydroxylation is 2. The number of likely N-dealkylation sites (tertiary alicyclic amines) is 1. The molecule has 2 heterocycles. The minimum atomic E-state index is -0.00506. The number of carbonyl (C=O) groups excluding carboxylic acids is 2. The first-order valence-electron chi connectivity index (χ1n) is 7.38. The van der Waals surface area contributed by atoms with Gasteiger partial charge >= 0.3 is 0 Å². The van der Waals surface area contributed by atoms with Crippen LogP contribution < -0.4 is 5.32 Å². The molecule has 1 aliphatic rings. The number of hydrogen-bond acceptors (Lipinski definition) is 4. The van der Waals surface area contributed by atoms with Crippen LogP contribution in [0.1, 0.15) is 48.3 Å². The van der Waals surface area contributed by atoms with E-state index in [-0.39, 0.29) is 23.8 Å². The van der Waals surface area contributed by atoms with Crippen LogP contribution in [0.3, 0.4) is 0 Å². The molecule has 5 nitrogen and oxygen atoms in total. The first-order valence-corrected chi connectivity index (χ1v) is 8.20. The lowest BCUT2D eigenvalue weighted by Crippen LogP contribution is -2.42. The van der Waals surface area contributed by atoms with Crippen molar-refractivity contribution < 1.29 is 9.59 Å². The van der Waals surface area contributed by atoms with Crippen LogP contribution in [0, 0.1) is 19.8 Å². The van der Waals surface area contributed by atoms with E-state index in [1.807, 2.05) is 25.7 Å². The lowest BCUT2D eigenvalue weighted by Gasteiger charge is -2.31. The van der Waals surface area contributed by atoms with Gasteiger partial charge in [-0.25, -0.2) is 4.98 Å². The van der Waals surface area contributed by atoms with Crippen LogP contribution >= 0.6 is 11.3 Å². The summed E-state index contributed by atoms with van der Waals surface area (Å²) in [6, 6.07) is -0.00506. The third kappa shape index (κ3) is 3.81. The highest BCUT2D eigenvalue weighted by molar-refractivity contribution is 7.11. The molecule has 0 aromatic carbocycles. The highest BCUT2D eigenvalue weighted by atomic mass is 32.1. The van der Waals surface area contributed by atoms with E-state index in [1.165, 1.54) is 0 Å². The predicted octanol–water partition coefficient (Wildman–Crippen LogP) is 2.20. The van der Waals surface area contributed by atoms with Gasteiger partial charge in [-0.2, -0.15) is 0 Å². The average Bonchev–Trinajstić information content (AvgIpc) is 2.77. The van der Waals surface area contributed by atoms with Crippen molar-refractivity contribution in [2.75, 3.05) is 13.1 Å². The Balaban J connectivity index is 1.90. The van der Waals surface area contributed by atoms with Crippen LogP contribution in [-0.4, -0.2) is 34.8 Å². The fourth-order valence-corrected chi connectivity index (χ4v) is 3.73. The number of nitrogens with one attached hydrogen (secondary N) is 1. The first kappa shape index (κ1) is 15.9. The second kappa shape index (κ2) is 6.56. The van der Waals surface area contributed by atoms with Crippen molar-refractivity contribution in [2.45, 2.75) is 46.6 Å². The molecule has 2 amide bonds. The molecule has 0 bridgehead atoms. The molecule has 1 aromatic rings. The molecule has 0 aliphatic carbocycles. The van der Waals surface area contributed by atoms with Gasteiger partial charge < -0.3 is 10.2 Å². The lowest BCUT2D eigenvalue weighted by molar-refractivity contribution is -0.134. The molecule has 1 fully saturated rings. The summed E-state index contributed by atoms with van der Waals surface area (Å²) in [4.78, 5) is 31.0. The molecular weight excluding hydrogens is 286 g/mol. The third-order valence-corrected chi connectivity index (χ3v) is 5.26. The van der Waals surface area contributed by atoms with Gasteiger partial charge in [-0.1, -0.05) is 0 Å². The molecule has 1 atom stereocenters. The van der Waals surface area contributed by atoms with E-state index < -0.39 is 0 Å². The first-order chi connectivity index (χ1) is 9.88. The molecule has 1 saturated heterocycles. The van der Waals surface area contributed by atoms with Gasteiger partial charge in [-0.3, -0.25) is 9.59 Å². The number of amides is 2. The summed E-state index contributed by atoms with van der Waals surface area (Å²) in [5, 5.41) is 4.12. The zero-order valence-electron chi connectivity index (χ0n) is 13.1. The van der Waals surface area contributed by atoms with Gasteiger partial charge in [0.15, 0.2) is 0 Å². The number of rotatable bonds is 3. The van der Waals surface area contributed by atoms with Crippen LogP contribution in [0.25, 0.3) is 0 Å². The van der Waals surface area contributed by atoms with Crippen molar-refractivity contribution in [1.82, 2.24) is 15.2 Å². The topological polar surface area (TPSA) is 62.3 Å². The van der Waals surface area contributed by atoms with Crippen molar-refractivity contribution in [3.8, 4) is 0 Å². The molecule has 1 aliphatic heterocycles. The van der Waals surface area contributed by atoms with E-state index in [1.54, 1.807) is 18.3 Å². The SMILES string of the molecule is CC(=O)N1CCC(C(=O)N[C@@H](C)c2sc(C)nc2C)CC1. The largest absolute Gasteiger partial charge is 0.348 e. The number of piperidine rings is 1. The highest BCUT2D eigenvalue weighted by Gasteiger charge is 2.27. The van der Waals surface area contributed by atoms with Crippen molar-refractivity contribution in [3.63, 3.8) is 0 Å². The van der Waals surface area contributed by atoms with Crippen LogP contribution in [0.2, 0.25) is 0 Å². The molecule has 0 saturated carbocycles. The number of aromatic nitrogens is 1. The van der Waals surface area contributed by atoms with Crippen molar-refractivity contribution in [3.05, 3.63) is 15.6 Å². The highest BCUT2D eigenvalue weighted by Crippen LogP contribution is 2.25. The van der Waals surface area contributed by atoms with E-state index >= 15 is 0 Å². The van der Waals surface area contributed by atoms with Crippen LogP contribution in [-0.2, 0) is 9.59 Å². The van der Waals surface area contributed by atoms with Crippen molar-refractivity contribution >= 4 is 23.2 Å². The summed E-state index contributed by atoms with van der Waals surface area (Å²) in [7, 11) is 0. The minimum Gasteiger partial charge on any atom is -0.348 e. The van der Waals surface area contributed by atoms with E-state index in [0.717, 1.165) is 28.4 Å². The standard InChI is InChI=1S/C15H23N3O2S/c1-9-14(21-11(3)16-9)10(2)17-15(20)13-5-7-18(8-6-13)12(4)19/h10,13H,5-8H2,1-4H3,(H,17,20)/t10-/m0/s1. The van der Waals surface area contributed by atoms with Gasteiger partial charge in [0.2, 0.25) is 11.8 Å². The average molecular weight is 309 g/mol. The quantitative estimate of drug-likeness (QED) is 0.931.